The molecule has 2 saturated heterocycles. The maximum atomic E-state index is 11.1. The number of aliphatic hydroxyl groups is 1. The average molecular weight is 199 g/mol. The second-order valence-electron chi connectivity index (χ2n) is 4.38. The van der Waals surface area contributed by atoms with E-state index in [2.05, 4.69) is 4.90 Å². The predicted octanol–water partition coefficient (Wildman–Crippen LogP) is 0.450. The predicted molar refractivity (Wildman–Crippen MR) is 51.0 cm³/mol. The number of aliphatic carboxylic acids is 1. The second kappa shape index (κ2) is 3.51. The zero-order valence-corrected chi connectivity index (χ0v) is 8.28. The van der Waals surface area contributed by atoms with Crippen molar-refractivity contribution in [3.8, 4) is 0 Å². The highest BCUT2D eigenvalue weighted by molar-refractivity contribution is 5.78. The van der Waals surface area contributed by atoms with Crippen LogP contribution in [0.4, 0.5) is 0 Å². The van der Waals surface area contributed by atoms with Crippen LogP contribution in [0.2, 0.25) is 0 Å². The van der Waals surface area contributed by atoms with Crippen molar-refractivity contribution in [2.24, 2.45) is 0 Å². The maximum absolute atomic E-state index is 11.1. The number of carbonyl (C=O) groups is 1. The van der Waals surface area contributed by atoms with Crippen LogP contribution in [0.15, 0.2) is 0 Å². The molecule has 2 N–H and O–H groups in total. The maximum Gasteiger partial charge on any atom is 0.337 e. The summed E-state index contributed by atoms with van der Waals surface area (Å²) in [6.45, 7) is 1.89. The summed E-state index contributed by atoms with van der Waals surface area (Å²) in [6, 6.07) is -0.150. The first-order chi connectivity index (χ1) is 6.64. The van der Waals surface area contributed by atoms with E-state index in [0.717, 1.165) is 38.8 Å². The molecule has 2 aliphatic heterocycles. The van der Waals surface area contributed by atoms with Gasteiger partial charge < -0.3 is 10.2 Å². The monoisotopic (exact) mass is 199 g/mol. The summed E-state index contributed by atoms with van der Waals surface area (Å²) in [7, 11) is 0. The zero-order chi connectivity index (χ0) is 10.2. The highest BCUT2D eigenvalue weighted by Gasteiger charge is 2.49. The fraction of sp³-hybridized carbons (Fsp3) is 0.900. The molecule has 2 unspecified atom stereocenters. The van der Waals surface area contributed by atoms with Gasteiger partial charge in [-0.2, -0.15) is 0 Å². The normalized spacial score (nSPS) is 39.1. The number of carboxylic acid groups (broad SMARTS) is 1. The highest BCUT2D eigenvalue weighted by Crippen LogP contribution is 2.34. The van der Waals surface area contributed by atoms with Crippen LogP contribution in [0.5, 0.6) is 0 Å². The molecule has 0 bridgehead atoms. The summed E-state index contributed by atoms with van der Waals surface area (Å²) >= 11 is 0. The molecule has 4 nitrogen and oxygen atoms in total. The van der Waals surface area contributed by atoms with Gasteiger partial charge in [0, 0.05) is 6.04 Å². The lowest BCUT2D eigenvalue weighted by Gasteiger charge is -2.47. The molecular weight excluding hydrogens is 182 g/mol. The number of hydrogen-bond donors (Lipinski definition) is 2. The van der Waals surface area contributed by atoms with E-state index >= 15 is 0 Å². The van der Waals surface area contributed by atoms with E-state index < -0.39 is 11.6 Å². The van der Waals surface area contributed by atoms with Crippen molar-refractivity contribution >= 4 is 5.97 Å². The Balaban J connectivity index is 2.20. The summed E-state index contributed by atoms with van der Waals surface area (Å²) in [4.78, 5) is 13.2. The van der Waals surface area contributed by atoms with Crippen LogP contribution in [-0.4, -0.2) is 45.8 Å². The average Bonchev–Trinajstić information content (AvgIpc) is 2.18. The van der Waals surface area contributed by atoms with Crippen molar-refractivity contribution in [2.45, 2.75) is 43.7 Å². The minimum Gasteiger partial charge on any atom is -0.479 e. The zero-order valence-electron chi connectivity index (χ0n) is 8.28. The van der Waals surface area contributed by atoms with Gasteiger partial charge in [-0.3, -0.25) is 4.90 Å². The fourth-order valence-electron chi connectivity index (χ4n) is 2.77. The lowest BCUT2D eigenvalue weighted by molar-refractivity contribution is -0.175. The standard InChI is InChI=1S/C10H17NO3/c12-9(13)10(14)5-3-7-11-6-2-1-4-8(10)11/h8,14H,1-7H2,(H,12,13). The number of fused-ring (bicyclic) bond motifs is 1. The summed E-state index contributed by atoms with van der Waals surface area (Å²) in [5.74, 6) is -1.05. The van der Waals surface area contributed by atoms with Crippen molar-refractivity contribution in [1.82, 2.24) is 4.90 Å². The van der Waals surface area contributed by atoms with Gasteiger partial charge in [-0.05, 0) is 38.8 Å². The third-order valence-corrected chi connectivity index (χ3v) is 3.54. The summed E-state index contributed by atoms with van der Waals surface area (Å²) in [6.07, 6.45) is 4.19. The molecule has 0 radical (unpaired) electrons. The molecule has 80 valence electrons. The largest absolute Gasteiger partial charge is 0.479 e. The van der Waals surface area contributed by atoms with Crippen molar-refractivity contribution < 1.29 is 15.0 Å². The van der Waals surface area contributed by atoms with Crippen LogP contribution < -0.4 is 0 Å². The first-order valence-corrected chi connectivity index (χ1v) is 5.34. The second-order valence-corrected chi connectivity index (χ2v) is 4.38. The number of carboxylic acids is 1. The summed E-state index contributed by atoms with van der Waals surface area (Å²) in [5.41, 5.74) is -1.49. The Morgan fingerprint density at radius 1 is 1.29 bits per heavy atom. The van der Waals surface area contributed by atoms with Crippen molar-refractivity contribution in [1.29, 1.82) is 0 Å². The molecule has 0 aromatic rings. The Hall–Kier alpha value is -0.610. The first kappa shape index (κ1) is 9.93. The molecule has 4 heteroatoms. The molecule has 0 amide bonds. The Labute approximate surface area is 83.5 Å². The lowest BCUT2D eigenvalue weighted by Crippen LogP contribution is -2.62. The Kier molecular flexibility index (Phi) is 2.49. The number of piperidine rings is 2. The number of rotatable bonds is 1. The lowest BCUT2D eigenvalue weighted by atomic mass is 9.80. The number of nitrogens with zero attached hydrogens (tertiary/aromatic N) is 1. The van der Waals surface area contributed by atoms with Crippen LogP contribution in [0, 0.1) is 0 Å². The minimum absolute atomic E-state index is 0.150. The van der Waals surface area contributed by atoms with Gasteiger partial charge in [0.05, 0.1) is 0 Å². The molecule has 0 aliphatic carbocycles. The third kappa shape index (κ3) is 1.42. The molecule has 0 spiro atoms. The topological polar surface area (TPSA) is 60.8 Å². The van der Waals surface area contributed by atoms with Crippen LogP contribution in [0.3, 0.4) is 0 Å². The van der Waals surface area contributed by atoms with Gasteiger partial charge >= 0.3 is 5.97 Å². The molecule has 2 rings (SSSR count). The van der Waals surface area contributed by atoms with Crippen LogP contribution in [0.25, 0.3) is 0 Å². The highest BCUT2D eigenvalue weighted by atomic mass is 16.4. The summed E-state index contributed by atoms with van der Waals surface area (Å²) < 4.78 is 0. The smallest absolute Gasteiger partial charge is 0.337 e. The number of hydrogen-bond acceptors (Lipinski definition) is 3. The molecular formula is C10H17NO3. The molecule has 0 aromatic carbocycles. The third-order valence-electron chi connectivity index (χ3n) is 3.54. The SMILES string of the molecule is O=C(O)C1(O)CCCN2CCCCC21. The molecule has 2 atom stereocenters. The Morgan fingerprint density at radius 2 is 2.00 bits per heavy atom. The van der Waals surface area contributed by atoms with Crippen LogP contribution in [-0.2, 0) is 4.79 Å². The van der Waals surface area contributed by atoms with Gasteiger partial charge in [0.2, 0.25) is 0 Å². The minimum atomic E-state index is -1.49. The van der Waals surface area contributed by atoms with E-state index in [1.165, 1.54) is 0 Å². The molecule has 2 fully saturated rings. The van der Waals surface area contributed by atoms with Gasteiger partial charge in [-0.15, -0.1) is 0 Å². The Bertz CT molecular complexity index is 242. The van der Waals surface area contributed by atoms with Crippen molar-refractivity contribution in [2.75, 3.05) is 13.1 Å². The van der Waals surface area contributed by atoms with Crippen molar-refractivity contribution in [3.63, 3.8) is 0 Å². The van der Waals surface area contributed by atoms with E-state index in [-0.39, 0.29) is 6.04 Å². The van der Waals surface area contributed by atoms with Gasteiger partial charge in [-0.1, -0.05) is 6.42 Å². The van der Waals surface area contributed by atoms with Gasteiger partial charge in [0.25, 0.3) is 0 Å². The molecule has 2 heterocycles. The molecule has 0 aromatic heterocycles. The van der Waals surface area contributed by atoms with E-state index in [9.17, 15) is 9.90 Å². The van der Waals surface area contributed by atoms with Gasteiger partial charge in [0.15, 0.2) is 5.60 Å². The summed E-state index contributed by atoms with van der Waals surface area (Å²) in [5, 5.41) is 19.2. The van der Waals surface area contributed by atoms with Crippen molar-refractivity contribution in [3.05, 3.63) is 0 Å². The van der Waals surface area contributed by atoms with E-state index in [4.69, 9.17) is 5.11 Å². The van der Waals surface area contributed by atoms with Crippen LogP contribution in [0.1, 0.15) is 32.1 Å². The fourth-order valence-corrected chi connectivity index (χ4v) is 2.77. The van der Waals surface area contributed by atoms with Crippen LogP contribution >= 0.6 is 0 Å². The van der Waals surface area contributed by atoms with Gasteiger partial charge in [0.1, 0.15) is 0 Å². The molecule has 14 heavy (non-hydrogen) atoms. The van der Waals surface area contributed by atoms with E-state index in [1.807, 2.05) is 0 Å². The van der Waals surface area contributed by atoms with E-state index in [0.29, 0.717) is 6.42 Å². The van der Waals surface area contributed by atoms with E-state index in [1.54, 1.807) is 0 Å². The quantitative estimate of drug-likeness (QED) is 0.643. The first-order valence-electron chi connectivity index (χ1n) is 5.34. The van der Waals surface area contributed by atoms with Gasteiger partial charge in [-0.25, -0.2) is 4.79 Å². The Morgan fingerprint density at radius 3 is 2.71 bits per heavy atom. The molecule has 0 saturated carbocycles. The molecule has 2 aliphatic rings.